The number of hydrogen-bond donors (Lipinski definition) is 0. The van der Waals surface area contributed by atoms with Gasteiger partial charge in [0.25, 0.3) is 0 Å². The maximum atomic E-state index is 10.1. The summed E-state index contributed by atoms with van der Waals surface area (Å²) in [5.74, 6) is 3.10. The molecule has 0 fully saturated rings. The first kappa shape index (κ1) is 25.2. The van der Waals surface area contributed by atoms with Gasteiger partial charge in [-0.15, -0.1) is 0 Å². The number of halogens is 2. The minimum atomic E-state index is 0.159. The lowest BCUT2D eigenvalue weighted by atomic mass is 9.98. The van der Waals surface area contributed by atoms with Crippen molar-refractivity contribution in [1.29, 1.82) is 5.26 Å². The van der Waals surface area contributed by atoms with Gasteiger partial charge in [0, 0.05) is 21.7 Å². The predicted octanol–water partition coefficient (Wildman–Crippen LogP) is 8.82. The molecule has 2 aromatic heterocycles. The van der Waals surface area contributed by atoms with Gasteiger partial charge in [-0.3, -0.25) is 0 Å². The highest BCUT2D eigenvalue weighted by atomic mass is 35.5. The van der Waals surface area contributed by atoms with Gasteiger partial charge in [-0.05, 0) is 72.3 Å². The normalized spacial score (nSPS) is 11.0. The molecule has 2 heterocycles. The quantitative estimate of drug-likeness (QED) is 0.192. The minimum absolute atomic E-state index is 0.159. The summed E-state index contributed by atoms with van der Waals surface area (Å²) in [5.41, 5.74) is 3.18. The Labute approximate surface area is 229 Å². The third-order valence-corrected chi connectivity index (χ3v) is 6.41. The number of furan rings is 2. The Morgan fingerprint density at radius 1 is 0.816 bits per heavy atom. The molecule has 38 heavy (non-hydrogen) atoms. The lowest BCUT2D eigenvalue weighted by Gasteiger charge is -2.06. The van der Waals surface area contributed by atoms with E-state index in [2.05, 4.69) is 11.1 Å². The van der Waals surface area contributed by atoms with E-state index in [4.69, 9.17) is 41.5 Å². The van der Waals surface area contributed by atoms with Crippen LogP contribution in [0.2, 0.25) is 10.0 Å². The van der Waals surface area contributed by atoms with Crippen LogP contribution in [-0.2, 0) is 0 Å². The zero-order valence-corrected chi connectivity index (χ0v) is 21.9. The van der Waals surface area contributed by atoms with Crippen LogP contribution in [0.25, 0.3) is 33.8 Å². The molecule has 3 aromatic carbocycles. The highest BCUT2D eigenvalue weighted by Crippen LogP contribution is 2.43. The molecule has 0 N–H and O–H groups in total. The van der Waals surface area contributed by atoms with E-state index in [1.807, 2.05) is 48.5 Å². The number of benzene rings is 3. The largest absolute Gasteiger partial charge is 0.497 e. The Hall–Kier alpha value is -4.44. The van der Waals surface area contributed by atoms with Crippen LogP contribution < -0.4 is 9.47 Å². The van der Waals surface area contributed by atoms with E-state index in [1.165, 1.54) is 6.21 Å². The number of nitriles is 1. The molecular formula is C30H20Cl2N2O4. The number of nitrogens with zero attached hydrogens (tertiary/aromatic N) is 2. The molecular weight excluding hydrogens is 523 g/mol. The van der Waals surface area contributed by atoms with Crippen LogP contribution in [0.3, 0.4) is 0 Å². The van der Waals surface area contributed by atoms with Gasteiger partial charge in [-0.25, -0.2) is 4.99 Å². The SMILES string of the molecule is COc1ccc(-c2oc(N=Cc3ccc(-c4ccc(Cl)cc4Cl)o3)c(C#N)c2-c2ccc(OC)cc2)cc1. The maximum absolute atomic E-state index is 10.1. The summed E-state index contributed by atoms with van der Waals surface area (Å²) >= 11 is 12.3. The van der Waals surface area contributed by atoms with Gasteiger partial charge < -0.3 is 18.3 Å². The summed E-state index contributed by atoms with van der Waals surface area (Å²) in [7, 11) is 3.20. The van der Waals surface area contributed by atoms with E-state index in [-0.39, 0.29) is 5.88 Å². The Bertz CT molecular complexity index is 1660. The molecule has 5 aromatic rings. The Kier molecular flexibility index (Phi) is 7.23. The fraction of sp³-hybridized carbons (Fsp3) is 0.0667. The van der Waals surface area contributed by atoms with Crippen molar-refractivity contribution in [2.45, 2.75) is 0 Å². The van der Waals surface area contributed by atoms with Crippen molar-refractivity contribution >= 4 is 35.3 Å². The third-order valence-electron chi connectivity index (χ3n) is 5.86. The first-order chi connectivity index (χ1) is 18.5. The van der Waals surface area contributed by atoms with Gasteiger partial charge >= 0.3 is 0 Å². The molecule has 0 amide bonds. The monoisotopic (exact) mass is 542 g/mol. The van der Waals surface area contributed by atoms with Crippen molar-refractivity contribution in [3.05, 3.63) is 100 Å². The molecule has 0 aliphatic heterocycles. The van der Waals surface area contributed by atoms with Crippen LogP contribution in [0.1, 0.15) is 11.3 Å². The van der Waals surface area contributed by atoms with Crippen molar-refractivity contribution in [1.82, 2.24) is 0 Å². The van der Waals surface area contributed by atoms with Crippen LogP contribution in [0.15, 0.2) is 92.7 Å². The molecule has 0 aliphatic carbocycles. The van der Waals surface area contributed by atoms with E-state index in [0.29, 0.717) is 55.5 Å². The molecule has 6 nitrogen and oxygen atoms in total. The Morgan fingerprint density at radius 2 is 1.47 bits per heavy atom. The van der Waals surface area contributed by atoms with E-state index in [9.17, 15) is 5.26 Å². The summed E-state index contributed by atoms with van der Waals surface area (Å²) in [5, 5.41) is 11.1. The van der Waals surface area contributed by atoms with Crippen LogP contribution in [0, 0.1) is 11.3 Å². The van der Waals surface area contributed by atoms with Crippen molar-refractivity contribution in [3.8, 4) is 51.3 Å². The molecule has 0 aliphatic rings. The van der Waals surface area contributed by atoms with Gasteiger partial charge in [-0.1, -0.05) is 35.3 Å². The highest BCUT2D eigenvalue weighted by Gasteiger charge is 2.23. The number of hydrogen-bond acceptors (Lipinski definition) is 6. The number of methoxy groups -OCH3 is 2. The van der Waals surface area contributed by atoms with E-state index < -0.39 is 0 Å². The summed E-state index contributed by atoms with van der Waals surface area (Å²) in [6.07, 6.45) is 1.50. The topological polar surface area (TPSA) is 80.9 Å². The lowest BCUT2D eigenvalue weighted by Crippen LogP contribution is -1.86. The van der Waals surface area contributed by atoms with Crippen molar-refractivity contribution in [3.63, 3.8) is 0 Å². The van der Waals surface area contributed by atoms with Crippen molar-refractivity contribution in [2.75, 3.05) is 14.2 Å². The molecule has 8 heteroatoms. The maximum Gasteiger partial charge on any atom is 0.238 e. The molecule has 0 radical (unpaired) electrons. The second kappa shape index (κ2) is 10.9. The summed E-state index contributed by atoms with van der Waals surface area (Å²) < 4.78 is 22.7. The van der Waals surface area contributed by atoms with Gasteiger partial charge in [0.1, 0.15) is 40.4 Å². The minimum Gasteiger partial charge on any atom is -0.497 e. The predicted molar refractivity (Wildman–Crippen MR) is 149 cm³/mol. The van der Waals surface area contributed by atoms with E-state index in [0.717, 1.165) is 11.1 Å². The van der Waals surface area contributed by atoms with Crippen LogP contribution in [0.5, 0.6) is 11.5 Å². The number of ether oxygens (including phenoxy) is 2. The van der Waals surface area contributed by atoms with Crippen molar-refractivity contribution < 1.29 is 18.3 Å². The van der Waals surface area contributed by atoms with E-state index in [1.54, 1.807) is 44.6 Å². The third kappa shape index (κ3) is 5.03. The van der Waals surface area contributed by atoms with Gasteiger partial charge in [-0.2, -0.15) is 5.26 Å². The molecule has 0 unspecified atom stereocenters. The smallest absolute Gasteiger partial charge is 0.238 e. The molecule has 0 saturated carbocycles. The second-order valence-corrected chi connectivity index (χ2v) is 8.98. The number of rotatable bonds is 7. The lowest BCUT2D eigenvalue weighted by molar-refractivity contribution is 0.414. The van der Waals surface area contributed by atoms with Gasteiger partial charge in [0.05, 0.1) is 25.5 Å². The zero-order valence-electron chi connectivity index (χ0n) is 20.4. The summed E-state index contributed by atoms with van der Waals surface area (Å²) in [4.78, 5) is 4.48. The Balaban J connectivity index is 1.56. The van der Waals surface area contributed by atoms with Crippen LogP contribution in [0.4, 0.5) is 5.88 Å². The van der Waals surface area contributed by atoms with Crippen LogP contribution >= 0.6 is 23.2 Å². The molecule has 0 atom stereocenters. The fourth-order valence-corrected chi connectivity index (χ4v) is 4.47. The molecule has 0 spiro atoms. The average molecular weight is 543 g/mol. The first-order valence-corrected chi connectivity index (χ1v) is 12.2. The van der Waals surface area contributed by atoms with Gasteiger partial charge in [0.15, 0.2) is 0 Å². The first-order valence-electron chi connectivity index (χ1n) is 11.5. The molecule has 188 valence electrons. The standard InChI is InChI=1S/C30H20Cl2N2O4/c1-35-21-8-3-18(4-9-21)28-25(16-33)30(38-29(28)19-5-10-22(36-2)11-6-19)34-17-23-12-14-27(37-23)24-13-7-20(31)15-26(24)32/h3-15,17H,1-2H3. The average Bonchev–Trinajstić information content (AvgIpc) is 3.56. The Morgan fingerprint density at radius 3 is 2.08 bits per heavy atom. The van der Waals surface area contributed by atoms with Gasteiger partial charge in [0.2, 0.25) is 5.88 Å². The molecule has 0 saturated heterocycles. The van der Waals surface area contributed by atoms with Crippen molar-refractivity contribution in [2.24, 2.45) is 4.99 Å². The molecule has 0 bridgehead atoms. The second-order valence-electron chi connectivity index (χ2n) is 8.14. The molecule has 5 rings (SSSR count). The highest BCUT2D eigenvalue weighted by molar-refractivity contribution is 6.36. The summed E-state index contributed by atoms with van der Waals surface area (Å²) in [6, 6.07) is 25.8. The number of aliphatic imine (C=N–C) groups is 1. The van der Waals surface area contributed by atoms with E-state index >= 15 is 0 Å². The fourth-order valence-electron chi connectivity index (χ4n) is 3.97. The zero-order chi connectivity index (χ0) is 26.6. The summed E-state index contributed by atoms with van der Waals surface area (Å²) in [6.45, 7) is 0. The van der Waals surface area contributed by atoms with Crippen LogP contribution in [-0.4, -0.2) is 20.4 Å².